The van der Waals surface area contributed by atoms with Gasteiger partial charge in [0.05, 0.1) is 11.9 Å². The Bertz CT molecular complexity index is 1090. The SMILES string of the molecule is O=C(Cc1c(CC2CCC2)ccc2c1CCC2)CS(=O)(=O)c1cc(C2(O)CC2)co1. The molecule has 2 fully saturated rings. The van der Waals surface area contributed by atoms with Crippen LogP contribution < -0.4 is 0 Å². The molecule has 0 atom stereocenters. The lowest BCUT2D eigenvalue weighted by molar-refractivity contribution is -0.116. The zero-order valence-corrected chi connectivity index (χ0v) is 18.0. The highest BCUT2D eigenvalue weighted by Crippen LogP contribution is 2.46. The van der Waals surface area contributed by atoms with Crippen LogP contribution in [0.2, 0.25) is 0 Å². The smallest absolute Gasteiger partial charge is 0.218 e. The van der Waals surface area contributed by atoms with Crippen molar-refractivity contribution in [1.82, 2.24) is 0 Å². The van der Waals surface area contributed by atoms with E-state index in [4.69, 9.17) is 4.42 Å². The molecule has 0 spiro atoms. The van der Waals surface area contributed by atoms with E-state index < -0.39 is 21.2 Å². The minimum absolute atomic E-state index is 0.169. The highest BCUT2D eigenvalue weighted by atomic mass is 32.2. The standard InChI is InChI=1S/C24H28O5S/c25-20(15-30(27,28)23-12-19(14-29-23)24(26)9-10-24)13-22-18(11-16-3-1-4-16)8-7-17-5-2-6-21(17)22/h7-8,12,14,16,26H,1-6,9-11,13,15H2. The van der Waals surface area contributed by atoms with Crippen LogP contribution >= 0.6 is 0 Å². The van der Waals surface area contributed by atoms with E-state index in [0.717, 1.165) is 31.2 Å². The summed E-state index contributed by atoms with van der Waals surface area (Å²) in [5.41, 5.74) is 4.41. The third-order valence-electron chi connectivity index (χ3n) is 7.10. The van der Waals surface area contributed by atoms with Crippen molar-refractivity contribution >= 4 is 15.6 Å². The second-order valence-electron chi connectivity index (χ2n) is 9.36. The van der Waals surface area contributed by atoms with E-state index in [1.165, 1.54) is 48.3 Å². The Morgan fingerprint density at radius 3 is 2.67 bits per heavy atom. The maximum absolute atomic E-state index is 12.9. The van der Waals surface area contributed by atoms with Crippen LogP contribution in [0.5, 0.6) is 0 Å². The molecule has 5 nitrogen and oxygen atoms in total. The number of carbonyl (C=O) groups is 1. The maximum Gasteiger partial charge on any atom is 0.218 e. The highest BCUT2D eigenvalue weighted by Gasteiger charge is 2.44. The quantitative estimate of drug-likeness (QED) is 0.693. The first-order valence-electron chi connectivity index (χ1n) is 11.0. The fraction of sp³-hybridized carbons (Fsp3) is 0.542. The van der Waals surface area contributed by atoms with Gasteiger partial charge in [-0.05, 0) is 66.7 Å². The molecule has 0 saturated heterocycles. The van der Waals surface area contributed by atoms with Gasteiger partial charge >= 0.3 is 0 Å². The molecule has 2 saturated carbocycles. The van der Waals surface area contributed by atoms with Crippen molar-refractivity contribution in [2.24, 2.45) is 5.92 Å². The van der Waals surface area contributed by atoms with Gasteiger partial charge in [0.15, 0.2) is 5.78 Å². The molecule has 1 aromatic heterocycles. The topological polar surface area (TPSA) is 84.6 Å². The molecule has 2 aromatic rings. The summed E-state index contributed by atoms with van der Waals surface area (Å²) in [6, 6.07) is 5.74. The molecule has 5 rings (SSSR count). The zero-order valence-electron chi connectivity index (χ0n) is 17.2. The molecule has 0 aliphatic heterocycles. The average Bonchev–Trinajstić information content (AvgIpc) is 3.10. The van der Waals surface area contributed by atoms with E-state index in [1.807, 2.05) is 0 Å². The van der Waals surface area contributed by atoms with Gasteiger partial charge in [0, 0.05) is 18.1 Å². The lowest BCUT2D eigenvalue weighted by atomic mass is 9.79. The molecule has 0 radical (unpaired) electrons. The summed E-state index contributed by atoms with van der Waals surface area (Å²) >= 11 is 0. The van der Waals surface area contributed by atoms with Gasteiger partial charge in [-0.1, -0.05) is 31.4 Å². The second-order valence-corrected chi connectivity index (χ2v) is 11.3. The third-order valence-corrected chi connectivity index (χ3v) is 8.63. The number of sulfone groups is 1. The van der Waals surface area contributed by atoms with Crippen molar-refractivity contribution < 1.29 is 22.7 Å². The van der Waals surface area contributed by atoms with Crippen molar-refractivity contribution in [3.05, 3.63) is 52.3 Å². The fourth-order valence-electron chi connectivity index (χ4n) is 4.87. The molecular weight excluding hydrogens is 400 g/mol. The molecule has 3 aliphatic carbocycles. The van der Waals surface area contributed by atoms with Gasteiger partial charge in [0.1, 0.15) is 5.75 Å². The van der Waals surface area contributed by atoms with Crippen LogP contribution in [0.4, 0.5) is 0 Å². The number of Topliss-reactive ketones (excluding diaryl/α,β-unsaturated/α-hetero) is 1. The van der Waals surface area contributed by atoms with Crippen LogP contribution in [0, 0.1) is 5.92 Å². The first kappa shape index (κ1) is 20.0. The molecule has 1 heterocycles. The summed E-state index contributed by atoms with van der Waals surface area (Å²) in [5.74, 6) is -0.171. The summed E-state index contributed by atoms with van der Waals surface area (Å²) in [4.78, 5) is 12.9. The number of furan rings is 1. The van der Waals surface area contributed by atoms with Crippen molar-refractivity contribution in [3.63, 3.8) is 0 Å². The number of aryl methyl sites for hydroxylation is 1. The van der Waals surface area contributed by atoms with E-state index >= 15 is 0 Å². The first-order chi connectivity index (χ1) is 14.3. The normalized spacial score (nSPS) is 20.0. The largest absolute Gasteiger partial charge is 0.453 e. The summed E-state index contributed by atoms with van der Waals surface area (Å²) < 4.78 is 30.7. The number of carbonyl (C=O) groups excluding carboxylic acids is 1. The predicted molar refractivity (Wildman–Crippen MR) is 112 cm³/mol. The van der Waals surface area contributed by atoms with E-state index in [1.54, 1.807) is 0 Å². The van der Waals surface area contributed by atoms with Crippen molar-refractivity contribution in [1.29, 1.82) is 0 Å². The Hall–Kier alpha value is -1.92. The van der Waals surface area contributed by atoms with Crippen LogP contribution in [0.15, 0.2) is 34.0 Å². The minimum Gasteiger partial charge on any atom is -0.453 e. The minimum atomic E-state index is -3.86. The Morgan fingerprint density at radius 2 is 1.97 bits per heavy atom. The van der Waals surface area contributed by atoms with Gasteiger partial charge < -0.3 is 9.52 Å². The first-order valence-corrected chi connectivity index (χ1v) is 12.7. The van der Waals surface area contributed by atoms with E-state index in [9.17, 15) is 18.3 Å². The molecule has 30 heavy (non-hydrogen) atoms. The maximum atomic E-state index is 12.9. The molecule has 3 aliphatic rings. The van der Waals surface area contributed by atoms with Crippen LogP contribution in [-0.4, -0.2) is 25.1 Å². The second kappa shape index (κ2) is 7.34. The van der Waals surface area contributed by atoms with Gasteiger partial charge in [-0.15, -0.1) is 0 Å². The lowest BCUT2D eigenvalue weighted by Crippen LogP contribution is -2.21. The average molecular weight is 429 g/mol. The molecule has 1 N–H and O–H groups in total. The van der Waals surface area contributed by atoms with Crippen LogP contribution in [0.25, 0.3) is 0 Å². The molecule has 6 heteroatoms. The zero-order chi connectivity index (χ0) is 20.9. The summed E-state index contributed by atoms with van der Waals surface area (Å²) in [6.07, 6.45) is 10.5. The molecule has 0 bridgehead atoms. The van der Waals surface area contributed by atoms with Crippen molar-refractivity contribution in [2.45, 2.75) is 74.9 Å². The van der Waals surface area contributed by atoms with E-state index in [0.29, 0.717) is 24.3 Å². The fourth-order valence-corrected chi connectivity index (χ4v) is 6.04. The number of benzene rings is 1. The molecule has 0 unspecified atom stereocenters. The highest BCUT2D eigenvalue weighted by molar-refractivity contribution is 7.92. The summed E-state index contributed by atoms with van der Waals surface area (Å²) in [5, 5.41) is 9.93. The van der Waals surface area contributed by atoms with Gasteiger partial charge in [0.25, 0.3) is 0 Å². The van der Waals surface area contributed by atoms with Crippen LogP contribution in [0.1, 0.15) is 66.3 Å². The molecule has 0 amide bonds. The number of hydrogen-bond donors (Lipinski definition) is 1. The van der Waals surface area contributed by atoms with Gasteiger partial charge in [0.2, 0.25) is 14.9 Å². The molecule has 1 aromatic carbocycles. The number of ketones is 1. The summed E-state index contributed by atoms with van der Waals surface area (Å²) in [6.45, 7) is 0. The van der Waals surface area contributed by atoms with Crippen molar-refractivity contribution in [3.8, 4) is 0 Å². The van der Waals surface area contributed by atoms with E-state index in [2.05, 4.69) is 12.1 Å². The third kappa shape index (κ3) is 3.76. The predicted octanol–water partition coefficient (Wildman–Crippen LogP) is 3.68. The Kier molecular flexibility index (Phi) is 4.90. The molecular formula is C24H28O5S. The van der Waals surface area contributed by atoms with Crippen molar-refractivity contribution in [2.75, 3.05) is 5.75 Å². The Balaban J connectivity index is 1.35. The summed E-state index contributed by atoms with van der Waals surface area (Å²) in [7, 11) is -3.86. The van der Waals surface area contributed by atoms with Gasteiger partial charge in [-0.25, -0.2) is 8.42 Å². The van der Waals surface area contributed by atoms with Gasteiger partial charge in [-0.3, -0.25) is 4.79 Å². The van der Waals surface area contributed by atoms with Crippen LogP contribution in [-0.2, 0) is 45.9 Å². The number of aliphatic hydroxyl groups is 1. The molecule has 160 valence electrons. The number of fused-ring (bicyclic) bond motifs is 1. The lowest BCUT2D eigenvalue weighted by Gasteiger charge is -2.27. The van der Waals surface area contributed by atoms with E-state index in [-0.39, 0.29) is 17.3 Å². The van der Waals surface area contributed by atoms with Crippen LogP contribution in [0.3, 0.4) is 0 Å². The van der Waals surface area contributed by atoms with Gasteiger partial charge in [-0.2, -0.15) is 0 Å². The monoisotopic (exact) mass is 428 g/mol. The number of hydrogen-bond acceptors (Lipinski definition) is 5. The Morgan fingerprint density at radius 1 is 1.17 bits per heavy atom. The Labute approximate surface area is 177 Å². The number of rotatable bonds is 8.